The number of fused-ring (bicyclic) bond motifs is 1. The highest BCUT2D eigenvalue weighted by Crippen LogP contribution is 2.25. The van der Waals surface area contributed by atoms with E-state index in [2.05, 4.69) is 21.4 Å². The van der Waals surface area contributed by atoms with Crippen LogP contribution in [0, 0.1) is 11.3 Å². The molecule has 0 aliphatic carbocycles. The maximum absolute atomic E-state index is 8.99. The van der Waals surface area contributed by atoms with Gasteiger partial charge >= 0.3 is 0 Å². The molecule has 0 saturated heterocycles. The van der Waals surface area contributed by atoms with Crippen molar-refractivity contribution < 1.29 is 0 Å². The van der Waals surface area contributed by atoms with E-state index in [1.54, 1.807) is 24.3 Å². The van der Waals surface area contributed by atoms with Gasteiger partial charge in [-0.3, -0.25) is 0 Å². The Morgan fingerprint density at radius 3 is 2.80 bits per heavy atom. The summed E-state index contributed by atoms with van der Waals surface area (Å²) in [5, 5.41) is 13.6. The lowest BCUT2D eigenvalue weighted by Gasteiger charge is -2.08. The van der Waals surface area contributed by atoms with Crippen molar-refractivity contribution in [1.29, 1.82) is 5.26 Å². The minimum absolute atomic E-state index is 0.571. The molecule has 3 aromatic rings. The molecular formula is C15H9ClN4. The Kier molecular flexibility index (Phi) is 3.20. The normalized spacial score (nSPS) is 10.2. The van der Waals surface area contributed by atoms with Crippen molar-refractivity contribution in [1.82, 2.24) is 9.97 Å². The molecule has 4 nitrogen and oxygen atoms in total. The number of benzene rings is 2. The first-order valence-corrected chi connectivity index (χ1v) is 6.31. The van der Waals surface area contributed by atoms with Gasteiger partial charge in [0.05, 0.1) is 17.1 Å². The smallest absolute Gasteiger partial charge is 0.141 e. The molecule has 0 amide bonds. The van der Waals surface area contributed by atoms with Gasteiger partial charge in [-0.1, -0.05) is 17.7 Å². The second-order valence-electron chi connectivity index (χ2n) is 4.20. The highest BCUT2D eigenvalue weighted by molar-refractivity contribution is 6.30. The number of anilines is 2. The van der Waals surface area contributed by atoms with Crippen LogP contribution in [0.15, 0.2) is 48.8 Å². The third-order valence-corrected chi connectivity index (χ3v) is 3.09. The quantitative estimate of drug-likeness (QED) is 0.773. The van der Waals surface area contributed by atoms with Crippen LogP contribution in [0.5, 0.6) is 0 Å². The van der Waals surface area contributed by atoms with Crippen LogP contribution >= 0.6 is 11.6 Å². The fourth-order valence-corrected chi connectivity index (χ4v) is 2.12. The van der Waals surface area contributed by atoms with Gasteiger partial charge in [0.25, 0.3) is 0 Å². The van der Waals surface area contributed by atoms with Gasteiger partial charge < -0.3 is 5.32 Å². The first-order valence-electron chi connectivity index (χ1n) is 5.94. The van der Waals surface area contributed by atoms with Crippen molar-refractivity contribution in [2.45, 2.75) is 0 Å². The van der Waals surface area contributed by atoms with E-state index < -0.39 is 0 Å². The highest BCUT2D eigenvalue weighted by atomic mass is 35.5. The molecule has 0 saturated carbocycles. The zero-order chi connectivity index (χ0) is 13.9. The van der Waals surface area contributed by atoms with Gasteiger partial charge in [-0.2, -0.15) is 5.26 Å². The van der Waals surface area contributed by atoms with Crippen molar-refractivity contribution in [2.75, 3.05) is 5.32 Å². The molecule has 0 fully saturated rings. The third kappa shape index (κ3) is 2.40. The zero-order valence-electron chi connectivity index (χ0n) is 10.3. The van der Waals surface area contributed by atoms with E-state index in [-0.39, 0.29) is 0 Å². The second-order valence-corrected chi connectivity index (χ2v) is 4.64. The van der Waals surface area contributed by atoms with Crippen molar-refractivity contribution >= 4 is 34.0 Å². The Labute approximate surface area is 120 Å². The molecule has 0 aliphatic heterocycles. The molecule has 3 rings (SSSR count). The number of nitrogens with one attached hydrogen (secondary N) is 1. The Balaban J connectivity index is 2.09. The Hall–Kier alpha value is -2.64. The molecule has 1 N–H and O–H groups in total. The molecule has 0 bridgehead atoms. The predicted molar refractivity (Wildman–Crippen MR) is 79.0 cm³/mol. The SMILES string of the molecule is N#Cc1ccc2ncnc(Nc3cccc(Cl)c3)c2c1. The summed E-state index contributed by atoms with van der Waals surface area (Å²) in [4.78, 5) is 8.42. The summed E-state index contributed by atoms with van der Waals surface area (Å²) >= 11 is 5.96. The van der Waals surface area contributed by atoms with Crippen molar-refractivity contribution in [3.05, 3.63) is 59.4 Å². The van der Waals surface area contributed by atoms with E-state index in [4.69, 9.17) is 16.9 Å². The minimum Gasteiger partial charge on any atom is -0.340 e. The van der Waals surface area contributed by atoms with Crippen molar-refractivity contribution in [3.8, 4) is 6.07 Å². The van der Waals surface area contributed by atoms with Gasteiger partial charge in [-0.25, -0.2) is 9.97 Å². The number of nitrogens with zero attached hydrogens (tertiary/aromatic N) is 3. The molecule has 20 heavy (non-hydrogen) atoms. The average Bonchev–Trinajstić information content (AvgIpc) is 2.47. The van der Waals surface area contributed by atoms with Crippen LogP contribution in [0.1, 0.15) is 5.56 Å². The molecule has 0 radical (unpaired) electrons. The summed E-state index contributed by atoms with van der Waals surface area (Å²) in [5.41, 5.74) is 2.19. The van der Waals surface area contributed by atoms with Crippen LogP contribution in [-0.4, -0.2) is 9.97 Å². The molecule has 5 heteroatoms. The van der Waals surface area contributed by atoms with Crippen LogP contribution in [0.2, 0.25) is 5.02 Å². The summed E-state index contributed by atoms with van der Waals surface area (Å²) in [7, 11) is 0. The van der Waals surface area contributed by atoms with Crippen LogP contribution in [0.25, 0.3) is 10.9 Å². The summed E-state index contributed by atoms with van der Waals surface area (Å²) < 4.78 is 0. The number of rotatable bonds is 2. The fourth-order valence-electron chi connectivity index (χ4n) is 1.93. The van der Waals surface area contributed by atoms with E-state index >= 15 is 0 Å². The summed E-state index contributed by atoms with van der Waals surface area (Å²) in [6.45, 7) is 0. The third-order valence-electron chi connectivity index (χ3n) is 2.85. The van der Waals surface area contributed by atoms with E-state index in [1.807, 2.05) is 18.2 Å². The maximum atomic E-state index is 8.99. The predicted octanol–water partition coefficient (Wildman–Crippen LogP) is 3.90. The van der Waals surface area contributed by atoms with Gasteiger partial charge in [0.2, 0.25) is 0 Å². The highest BCUT2D eigenvalue weighted by Gasteiger charge is 2.05. The number of hydrogen-bond acceptors (Lipinski definition) is 4. The topological polar surface area (TPSA) is 61.6 Å². The van der Waals surface area contributed by atoms with Crippen LogP contribution in [-0.2, 0) is 0 Å². The number of halogens is 1. The van der Waals surface area contributed by atoms with E-state index in [0.29, 0.717) is 16.4 Å². The lowest BCUT2D eigenvalue weighted by molar-refractivity contribution is 1.22. The van der Waals surface area contributed by atoms with Gasteiger partial charge in [-0.15, -0.1) is 0 Å². The standard InChI is InChI=1S/C15H9ClN4/c16-11-2-1-3-12(7-11)20-15-13-6-10(8-17)4-5-14(13)18-9-19-15/h1-7,9H,(H,18,19,20). The monoisotopic (exact) mass is 280 g/mol. The number of nitriles is 1. The molecule has 0 unspecified atom stereocenters. The summed E-state index contributed by atoms with van der Waals surface area (Å²) in [5.74, 6) is 0.648. The molecule has 0 aliphatic rings. The molecule has 1 aromatic heterocycles. The van der Waals surface area contributed by atoms with Crippen molar-refractivity contribution in [2.24, 2.45) is 0 Å². The van der Waals surface area contributed by atoms with Gasteiger partial charge in [0, 0.05) is 16.1 Å². The lowest BCUT2D eigenvalue weighted by Crippen LogP contribution is -1.96. The maximum Gasteiger partial charge on any atom is 0.141 e. The van der Waals surface area contributed by atoms with Crippen LogP contribution < -0.4 is 5.32 Å². The molecule has 0 atom stereocenters. The Morgan fingerprint density at radius 1 is 1.10 bits per heavy atom. The van der Waals surface area contributed by atoms with Crippen LogP contribution in [0.4, 0.5) is 11.5 Å². The zero-order valence-corrected chi connectivity index (χ0v) is 11.1. The average molecular weight is 281 g/mol. The summed E-state index contributed by atoms with van der Waals surface area (Å²) in [6, 6.07) is 14.8. The largest absolute Gasteiger partial charge is 0.340 e. The summed E-state index contributed by atoms with van der Waals surface area (Å²) in [6.07, 6.45) is 1.49. The fraction of sp³-hybridized carbons (Fsp3) is 0. The lowest BCUT2D eigenvalue weighted by atomic mass is 10.1. The minimum atomic E-state index is 0.571. The van der Waals surface area contributed by atoms with Gasteiger partial charge in [0.1, 0.15) is 12.1 Å². The number of hydrogen-bond donors (Lipinski definition) is 1. The molecular weight excluding hydrogens is 272 g/mol. The van der Waals surface area contributed by atoms with Crippen LogP contribution in [0.3, 0.4) is 0 Å². The van der Waals surface area contributed by atoms with Gasteiger partial charge in [-0.05, 0) is 36.4 Å². The molecule has 1 heterocycles. The molecule has 96 valence electrons. The molecule has 0 spiro atoms. The number of aromatic nitrogens is 2. The second kappa shape index (κ2) is 5.16. The van der Waals surface area contributed by atoms with Crippen molar-refractivity contribution in [3.63, 3.8) is 0 Å². The van der Waals surface area contributed by atoms with E-state index in [1.165, 1.54) is 6.33 Å². The molecule has 2 aromatic carbocycles. The first kappa shape index (κ1) is 12.4. The van der Waals surface area contributed by atoms with E-state index in [0.717, 1.165) is 16.6 Å². The van der Waals surface area contributed by atoms with E-state index in [9.17, 15) is 0 Å². The van der Waals surface area contributed by atoms with Gasteiger partial charge in [0.15, 0.2) is 0 Å². The Morgan fingerprint density at radius 2 is 2.00 bits per heavy atom. The Bertz CT molecular complexity index is 823. The first-order chi connectivity index (χ1) is 9.76.